The van der Waals surface area contributed by atoms with Crippen molar-refractivity contribution in [2.24, 2.45) is 0 Å². The van der Waals surface area contributed by atoms with Crippen LogP contribution in [0.2, 0.25) is 0 Å². The molecule has 1 aromatic heterocycles. The van der Waals surface area contributed by atoms with Crippen molar-refractivity contribution >= 4 is 0 Å². The van der Waals surface area contributed by atoms with Crippen molar-refractivity contribution in [1.29, 1.82) is 0 Å². The van der Waals surface area contributed by atoms with E-state index in [2.05, 4.69) is 4.98 Å². The maximum atomic E-state index is 9.34. The number of aromatic nitrogens is 1. The average Bonchev–Trinajstić information content (AvgIpc) is 2.74. The third kappa shape index (κ3) is 1.70. The second kappa shape index (κ2) is 4.11. The molecule has 0 spiro atoms. The predicted octanol–water partition coefficient (Wildman–Crippen LogP) is 2.14. The van der Waals surface area contributed by atoms with Gasteiger partial charge in [-0.15, -0.1) is 0 Å². The third-order valence-electron chi connectivity index (χ3n) is 2.41. The quantitative estimate of drug-likeness (QED) is 0.758. The average molecular weight is 187 g/mol. The van der Waals surface area contributed by atoms with Gasteiger partial charge < -0.3 is 10.1 Å². The molecule has 0 aliphatic heterocycles. The summed E-state index contributed by atoms with van der Waals surface area (Å²) in [6.45, 7) is 0.141. The number of aliphatic hydroxyl groups excluding tert-OH is 1. The molecule has 2 heteroatoms. The van der Waals surface area contributed by atoms with Crippen LogP contribution in [-0.2, 0) is 0 Å². The second-order valence-corrected chi connectivity index (χ2v) is 3.29. The number of rotatable bonds is 3. The molecule has 0 amide bonds. The topological polar surface area (TPSA) is 36.0 Å². The fraction of sp³-hybridized carbons (Fsp3) is 0.167. The number of hydrogen-bond donors (Lipinski definition) is 2. The van der Waals surface area contributed by atoms with Gasteiger partial charge in [0.15, 0.2) is 0 Å². The van der Waals surface area contributed by atoms with Crippen LogP contribution in [0.15, 0.2) is 48.8 Å². The molecular weight excluding hydrogens is 174 g/mol. The van der Waals surface area contributed by atoms with Gasteiger partial charge in [0.05, 0.1) is 6.61 Å². The summed E-state index contributed by atoms with van der Waals surface area (Å²) in [5.74, 6) is 0.0856. The monoisotopic (exact) mass is 187 g/mol. The fourth-order valence-corrected chi connectivity index (χ4v) is 1.64. The van der Waals surface area contributed by atoms with Gasteiger partial charge in [-0.1, -0.05) is 30.3 Å². The highest BCUT2D eigenvalue weighted by Crippen LogP contribution is 2.23. The molecule has 0 fully saturated rings. The predicted molar refractivity (Wildman–Crippen MR) is 56.2 cm³/mol. The molecule has 72 valence electrons. The summed E-state index contributed by atoms with van der Waals surface area (Å²) in [6, 6.07) is 12.0. The molecule has 2 nitrogen and oxygen atoms in total. The minimum absolute atomic E-state index is 0.0856. The van der Waals surface area contributed by atoms with E-state index < -0.39 is 0 Å². The van der Waals surface area contributed by atoms with Crippen LogP contribution in [0.25, 0.3) is 0 Å². The summed E-state index contributed by atoms with van der Waals surface area (Å²) in [6.07, 6.45) is 3.80. The van der Waals surface area contributed by atoms with Gasteiger partial charge in [-0.05, 0) is 17.2 Å². The molecule has 1 aromatic carbocycles. The molecule has 2 rings (SSSR count). The molecule has 0 aliphatic carbocycles. The Bertz CT molecular complexity index is 366. The normalized spacial score (nSPS) is 12.6. The van der Waals surface area contributed by atoms with Gasteiger partial charge in [0.1, 0.15) is 0 Å². The maximum Gasteiger partial charge on any atom is 0.0541 e. The van der Waals surface area contributed by atoms with Crippen molar-refractivity contribution in [3.05, 3.63) is 59.9 Å². The summed E-state index contributed by atoms with van der Waals surface area (Å²) >= 11 is 0. The molecule has 2 N–H and O–H groups in total. The van der Waals surface area contributed by atoms with Crippen molar-refractivity contribution in [2.45, 2.75) is 5.92 Å². The summed E-state index contributed by atoms with van der Waals surface area (Å²) in [5.41, 5.74) is 2.27. The first-order valence-corrected chi connectivity index (χ1v) is 4.70. The zero-order chi connectivity index (χ0) is 9.80. The van der Waals surface area contributed by atoms with Gasteiger partial charge in [-0.2, -0.15) is 0 Å². The van der Waals surface area contributed by atoms with Crippen LogP contribution in [0.4, 0.5) is 0 Å². The van der Waals surface area contributed by atoms with Crippen molar-refractivity contribution in [3.8, 4) is 0 Å². The van der Waals surface area contributed by atoms with Gasteiger partial charge in [-0.25, -0.2) is 0 Å². The zero-order valence-corrected chi connectivity index (χ0v) is 7.85. The van der Waals surface area contributed by atoms with E-state index in [1.54, 1.807) is 0 Å². The fourth-order valence-electron chi connectivity index (χ4n) is 1.64. The second-order valence-electron chi connectivity index (χ2n) is 3.29. The first-order chi connectivity index (χ1) is 6.92. The molecule has 0 unspecified atom stereocenters. The van der Waals surface area contributed by atoms with Crippen LogP contribution >= 0.6 is 0 Å². The molecule has 14 heavy (non-hydrogen) atoms. The summed E-state index contributed by atoms with van der Waals surface area (Å²) in [5, 5.41) is 9.34. The van der Waals surface area contributed by atoms with Gasteiger partial charge in [0.2, 0.25) is 0 Å². The van der Waals surface area contributed by atoms with Gasteiger partial charge in [0.25, 0.3) is 0 Å². The lowest BCUT2D eigenvalue weighted by atomic mass is 9.94. The summed E-state index contributed by atoms with van der Waals surface area (Å²) < 4.78 is 0. The lowest BCUT2D eigenvalue weighted by Gasteiger charge is -2.12. The molecule has 0 aliphatic rings. The van der Waals surface area contributed by atoms with E-state index in [9.17, 15) is 5.11 Å². The number of H-pyrrole nitrogens is 1. The van der Waals surface area contributed by atoms with Gasteiger partial charge >= 0.3 is 0 Å². The minimum atomic E-state index is 0.0856. The molecule has 1 heterocycles. The molecule has 0 saturated heterocycles. The van der Waals surface area contributed by atoms with Gasteiger partial charge in [0, 0.05) is 18.3 Å². The number of nitrogens with one attached hydrogen (secondary N) is 1. The van der Waals surface area contributed by atoms with E-state index in [0.717, 1.165) is 11.1 Å². The Hall–Kier alpha value is -1.54. The molecular formula is C12H13NO. The molecule has 0 bridgehead atoms. The van der Waals surface area contributed by atoms with Crippen LogP contribution in [0.5, 0.6) is 0 Å². The van der Waals surface area contributed by atoms with Crippen LogP contribution in [0.1, 0.15) is 17.0 Å². The minimum Gasteiger partial charge on any atom is -0.395 e. The highest BCUT2D eigenvalue weighted by molar-refractivity contribution is 5.30. The third-order valence-corrected chi connectivity index (χ3v) is 2.41. The Kier molecular flexibility index (Phi) is 2.65. The highest BCUT2D eigenvalue weighted by Gasteiger charge is 2.12. The Labute approximate surface area is 83.2 Å². The largest absolute Gasteiger partial charge is 0.395 e. The number of hydrogen-bond acceptors (Lipinski definition) is 1. The van der Waals surface area contributed by atoms with Crippen molar-refractivity contribution < 1.29 is 5.11 Å². The van der Waals surface area contributed by atoms with Crippen LogP contribution < -0.4 is 0 Å². The molecule has 0 saturated carbocycles. The SMILES string of the molecule is OC[C@H](c1ccccc1)c1cc[nH]c1. The van der Waals surface area contributed by atoms with Crippen LogP contribution in [-0.4, -0.2) is 16.7 Å². The summed E-state index contributed by atoms with van der Waals surface area (Å²) in [7, 11) is 0. The Morgan fingerprint density at radius 3 is 2.43 bits per heavy atom. The van der Waals surface area contributed by atoms with Crippen LogP contribution in [0, 0.1) is 0 Å². The Morgan fingerprint density at radius 2 is 1.86 bits per heavy atom. The molecule has 2 aromatic rings. The van der Waals surface area contributed by atoms with E-state index in [4.69, 9.17) is 0 Å². The van der Waals surface area contributed by atoms with E-state index in [1.807, 2.05) is 48.8 Å². The Balaban J connectivity index is 2.31. The Morgan fingerprint density at radius 1 is 1.07 bits per heavy atom. The van der Waals surface area contributed by atoms with Crippen molar-refractivity contribution in [1.82, 2.24) is 4.98 Å². The first-order valence-electron chi connectivity index (χ1n) is 4.70. The highest BCUT2D eigenvalue weighted by atomic mass is 16.3. The van der Waals surface area contributed by atoms with E-state index >= 15 is 0 Å². The standard InChI is InChI=1S/C12H13NO/c14-9-12(11-6-7-13-8-11)10-4-2-1-3-5-10/h1-8,12-14H,9H2/t12-/m1/s1. The van der Waals surface area contributed by atoms with Crippen LogP contribution in [0.3, 0.4) is 0 Å². The smallest absolute Gasteiger partial charge is 0.0541 e. The maximum absolute atomic E-state index is 9.34. The lowest BCUT2D eigenvalue weighted by molar-refractivity contribution is 0.280. The zero-order valence-electron chi connectivity index (χ0n) is 7.85. The van der Waals surface area contributed by atoms with Crippen molar-refractivity contribution in [2.75, 3.05) is 6.61 Å². The van der Waals surface area contributed by atoms with E-state index in [0.29, 0.717) is 0 Å². The lowest BCUT2D eigenvalue weighted by Crippen LogP contribution is -2.04. The summed E-state index contributed by atoms with van der Waals surface area (Å²) in [4.78, 5) is 3.00. The van der Waals surface area contributed by atoms with E-state index in [1.165, 1.54) is 0 Å². The van der Waals surface area contributed by atoms with Crippen molar-refractivity contribution in [3.63, 3.8) is 0 Å². The number of aliphatic hydroxyl groups is 1. The first kappa shape index (κ1) is 9.03. The number of aromatic amines is 1. The van der Waals surface area contributed by atoms with E-state index in [-0.39, 0.29) is 12.5 Å². The molecule has 0 radical (unpaired) electrons. The van der Waals surface area contributed by atoms with Gasteiger partial charge in [-0.3, -0.25) is 0 Å². The molecule has 1 atom stereocenters. The number of benzene rings is 1.